The van der Waals surface area contributed by atoms with Crippen LogP contribution >= 0.6 is 0 Å². The minimum Gasteiger partial charge on any atom is -0.496 e. The molecule has 0 radical (unpaired) electrons. The maximum absolute atomic E-state index is 12.4. The molecule has 0 aliphatic rings. The van der Waals surface area contributed by atoms with Gasteiger partial charge in [0.1, 0.15) is 5.75 Å². The number of methoxy groups -OCH3 is 1. The normalized spacial score (nSPS) is 11.3. The van der Waals surface area contributed by atoms with Crippen LogP contribution in [0.2, 0.25) is 0 Å². The van der Waals surface area contributed by atoms with E-state index in [0.717, 1.165) is 0 Å². The molecule has 1 aromatic rings. The molecule has 0 aliphatic heterocycles. The van der Waals surface area contributed by atoms with E-state index >= 15 is 0 Å². The monoisotopic (exact) mass is 282 g/mol. The number of hydrogen-bond acceptors (Lipinski definition) is 4. The van der Waals surface area contributed by atoms with Crippen LogP contribution in [0, 0.1) is 12.3 Å². The first-order valence-corrected chi connectivity index (χ1v) is 7.25. The van der Waals surface area contributed by atoms with Gasteiger partial charge in [0.2, 0.25) is 10.0 Å². The van der Waals surface area contributed by atoms with Gasteiger partial charge in [-0.05, 0) is 18.2 Å². The summed E-state index contributed by atoms with van der Waals surface area (Å²) in [6, 6.07) is 4.61. The highest BCUT2D eigenvalue weighted by atomic mass is 32.2. The zero-order chi connectivity index (χ0) is 14.5. The molecule has 0 spiro atoms. The van der Waals surface area contributed by atoms with Gasteiger partial charge in [0.05, 0.1) is 18.6 Å². The Morgan fingerprint density at radius 3 is 2.63 bits per heavy atom. The van der Waals surface area contributed by atoms with Gasteiger partial charge < -0.3 is 10.5 Å². The Morgan fingerprint density at radius 1 is 1.47 bits per heavy atom. The second-order valence-electron chi connectivity index (χ2n) is 3.81. The van der Waals surface area contributed by atoms with Crippen molar-refractivity contribution in [2.75, 3.05) is 20.2 Å². The molecule has 2 N–H and O–H groups in total. The van der Waals surface area contributed by atoms with Crippen molar-refractivity contribution in [1.29, 1.82) is 0 Å². The molecule has 19 heavy (non-hydrogen) atoms. The largest absolute Gasteiger partial charge is 0.496 e. The Hall–Kier alpha value is -1.55. The fourth-order valence-electron chi connectivity index (χ4n) is 1.69. The van der Waals surface area contributed by atoms with Crippen molar-refractivity contribution < 1.29 is 13.2 Å². The van der Waals surface area contributed by atoms with E-state index < -0.39 is 10.0 Å². The van der Waals surface area contributed by atoms with Crippen LogP contribution in [0.25, 0.3) is 0 Å². The van der Waals surface area contributed by atoms with Crippen LogP contribution in [0.4, 0.5) is 0 Å². The Labute approximate surface area is 114 Å². The zero-order valence-corrected chi connectivity index (χ0v) is 11.9. The summed E-state index contributed by atoms with van der Waals surface area (Å²) >= 11 is 0. The van der Waals surface area contributed by atoms with E-state index in [4.69, 9.17) is 16.9 Å². The summed E-state index contributed by atoms with van der Waals surface area (Å²) in [5.41, 5.74) is 6.22. The molecule has 0 unspecified atom stereocenters. The van der Waals surface area contributed by atoms with Crippen LogP contribution in [-0.2, 0) is 16.6 Å². The van der Waals surface area contributed by atoms with Crippen molar-refractivity contribution in [2.24, 2.45) is 5.73 Å². The van der Waals surface area contributed by atoms with Gasteiger partial charge in [0, 0.05) is 18.7 Å². The number of nitrogens with zero attached hydrogens (tertiary/aromatic N) is 1. The first-order chi connectivity index (χ1) is 9.01. The first kappa shape index (κ1) is 15.5. The van der Waals surface area contributed by atoms with Crippen molar-refractivity contribution in [3.63, 3.8) is 0 Å². The molecule has 1 rings (SSSR count). The summed E-state index contributed by atoms with van der Waals surface area (Å²) in [6.45, 7) is 2.30. The molecular formula is C13H18N2O3S. The highest BCUT2D eigenvalue weighted by Gasteiger charge is 2.23. The molecule has 0 aliphatic carbocycles. The zero-order valence-electron chi connectivity index (χ0n) is 11.1. The third-order valence-electron chi connectivity index (χ3n) is 2.73. The number of hydrogen-bond donors (Lipinski definition) is 1. The number of terminal acetylenes is 1. The minimum atomic E-state index is -3.59. The third-order valence-corrected chi connectivity index (χ3v) is 4.65. The summed E-state index contributed by atoms with van der Waals surface area (Å²) < 4.78 is 31.1. The predicted molar refractivity (Wildman–Crippen MR) is 74.2 cm³/mol. The smallest absolute Gasteiger partial charge is 0.243 e. The average molecular weight is 282 g/mol. The van der Waals surface area contributed by atoms with Gasteiger partial charge in [-0.25, -0.2) is 8.42 Å². The topological polar surface area (TPSA) is 72.6 Å². The molecule has 0 aromatic heterocycles. The van der Waals surface area contributed by atoms with Gasteiger partial charge in [-0.1, -0.05) is 12.8 Å². The van der Waals surface area contributed by atoms with Crippen molar-refractivity contribution in [1.82, 2.24) is 4.31 Å². The minimum absolute atomic E-state index is 0.0445. The quantitative estimate of drug-likeness (QED) is 0.783. The lowest BCUT2D eigenvalue weighted by Gasteiger charge is -2.18. The van der Waals surface area contributed by atoms with Gasteiger partial charge in [0.25, 0.3) is 0 Å². The molecule has 6 heteroatoms. The molecular weight excluding hydrogens is 264 g/mol. The fraction of sp³-hybridized carbons (Fsp3) is 0.385. The van der Waals surface area contributed by atoms with Gasteiger partial charge >= 0.3 is 0 Å². The summed E-state index contributed by atoms with van der Waals surface area (Å²) in [4.78, 5) is 0.172. The fourth-order valence-corrected chi connectivity index (χ4v) is 3.11. The lowest BCUT2D eigenvalue weighted by molar-refractivity contribution is 0.409. The lowest BCUT2D eigenvalue weighted by atomic mass is 10.2. The molecule has 0 fully saturated rings. The Bertz CT molecular complexity index is 576. The van der Waals surface area contributed by atoms with Gasteiger partial charge in [0.15, 0.2) is 0 Å². The van der Waals surface area contributed by atoms with Crippen molar-refractivity contribution in [3.05, 3.63) is 23.8 Å². The molecule has 0 atom stereocenters. The molecule has 5 nitrogen and oxygen atoms in total. The number of benzene rings is 1. The van der Waals surface area contributed by atoms with Crippen LogP contribution in [0.3, 0.4) is 0 Å². The van der Waals surface area contributed by atoms with Crippen LogP contribution in [0.5, 0.6) is 5.75 Å². The van der Waals surface area contributed by atoms with E-state index in [9.17, 15) is 8.42 Å². The molecule has 0 bridgehead atoms. The second-order valence-corrected chi connectivity index (χ2v) is 5.75. The van der Waals surface area contributed by atoms with E-state index in [1.165, 1.54) is 23.5 Å². The molecule has 1 aromatic carbocycles. The van der Waals surface area contributed by atoms with Crippen molar-refractivity contribution >= 4 is 10.0 Å². The number of nitrogens with two attached hydrogens (primary N) is 1. The average Bonchev–Trinajstić information content (AvgIpc) is 2.43. The van der Waals surface area contributed by atoms with Crippen molar-refractivity contribution in [3.8, 4) is 18.1 Å². The summed E-state index contributed by atoms with van der Waals surface area (Å²) in [7, 11) is -2.08. The number of ether oxygens (including phenoxy) is 1. The van der Waals surface area contributed by atoms with Crippen LogP contribution < -0.4 is 10.5 Å². The highest BCUT2D eigenvalue weighted by Crippen LogP contribution is 2.24. The molecule has 104 valence electrons. The molecule has 0 saturated heterocycles. The summed E-state index contributed by atoms with van der Waals surface area (Å²) in [6.07, 6.45) is 5.19. The maximum Gasteiger partial charge on any atom is 0.243 e. The Morgan fingerprint density at radius 2 is 2.16 bits per heavy atom. The van der Waals surface area contributed by atoms with Crippen LogP contribution in [0.15, 0.2) is 23.1 Å². The lowest BCUT2D eigenvalue weighted by Crippen LogP contribution is -2.31. The number of sulfonamides is 1. The Balaban J connectivity index is 3.26. The molecule has 0 saturated carbocycles. The third kappa shape index (κ3) is 3.26. The second kappa shape index (κ2) is 6.57. The first-order valence-electron chi connectivity index (χ1n) is 5.81. The van der Waals surface area contributed by atoms with E-state index in [1.807, 2.05) is 0 Å². The summed E-state index contributed by atoms with van der Waals surface area (Å²) in [5, 5.41) is 0. The predicted octanol–water partition coefficient (Wildman–Crippen LogP) is 0.798. The van der Waals surface area contributed by atoms with E-state index in [0.29, 0.717) is 17.9 Å². The van der Waals surface area contributed by atoms with Gasteiger partial charge in [-0.2, -0.15) is 4.31 Å². The highest BCUT2D eigenvalue weighted by molar-refractivity contribution is 7.89. The summed E-state index contributed by atoms with van der Waals surface area (Å²) in [5.74, 6) is 2.91. The number of rotatable bonds is 6. The van der Waals surface area contributed by atoms with Crippen LogP contribution in [0.1, 0.15) is 12.5 Å². The van der Waals surface area contributed by atoms with Crippen LogP contribution in [-0.4, -0.2) is 32.9 Å². The van der Waals surface area contributed by atoms with E-state index in [2.05, 4.69) is 5.92 Å². The standard InChI is InChI=1S/C13H18N2O3S/c1-4-8-15(5-2)19(16,17)12-6-7-13(18-3)11(9-12)10-14/h1,6-7,9H,5,8,10,14H2,2-3H3. The molecule has 0 amide bonds. The maximum atomic E-state index is 12.4. The van der Waals surface area contributed by atoms with E-state index in [1.54, 1.807) is 13.0 Å². The van der Waals surface area contributed by atoms with E-state index in [-0.39, 0.29) is 18.0 Å². The van der Waals surface area contributed by atoms with Gasteiger partial charge in [-0.15, -0.1) is 6.42 Å². The SMILES string of the molecule is C#CCN(CC)S(=O)(=O)c1ccc(OC)c(CN)c1. The molecule has 0 heterocycles. The Kier molecular flexibility index (Phi) is 5.36. The van der Waals surface area contributed by atoms with Crippen molar-refractivity contribution in [2.45, 2.75) is 18.4 Å². The van der Waals surface area contributed by atoms with Gasteiger partial charge in [-0.3, -0.25) is 0 Å².